The van der Waals surface area contributed by atoms with E-state index < -0.39 is 27.0 Å². The molecule has 10 heteroatoms. The molecule has 2 aromatic rings. The molecule has 152 valence electrons. The molecule has 1 saturated heterocycles. The fourth-order valence-electron chi connectivity index (χ4n) is 3.25. The summed E-state index contributed by atoms with van der Waals surface area (Å²) in [5.41, 5.74) is 0.561. The molecule has 2 amide bonds. The van der Waals surface area contributed by atoms with E-state index in [4.69, 9.17) is 0 Å². The molecule has 2 aliphatic heterocycles. The van der Waals surface area contributed by atoms with Crippen LogP contribution in [0.1, 0.15) is 12.8 Å². The molecule has 0 saturated carbocycles. The summed E-state index contributed by atoms with van der Waals surface area (Å²) in [7, 11) is -3.93. The van der Waals surface area contributed by atoms with Gasteiger partial charge in [-0.1, -0.05) is 0 Å². The maximum Gasteiger partial charge on any atom is 0.261 e. The minimum absolute atomic E-state index is 0.0502. The summed E-state index contributed by atoms with van der Waals surface area (Å²) in [4.78, 5) is 27.3. The highest BCUT2D eigenvalue weighted by molar-refractivity contribution is 8.01. The van der Waals surface area contributed by atoms with Crippen molar-refractivity contribution < 1.29 is 22.4 Å². The molecule has 1 atom stereocenters. The molecule has 4 rings (SSSR count). The number of carbonyl (C=O) groups is 2. The summed E-state index contributed by atoms with van der Waals surface area (Å²) in [6, 6.07) is 9.27. The average Bonchev–Trinajstić information content (AvgIpc) is 3.23. The number of amides is 2. The third kappa shape index (κ3) is 4.08. The van der Waals surface area contributed by atoms with Crippen LogP contribution < -0.4 is 10.0 Å². The minimum Gasteiger partial charge on any atom is -0.341 e. The molecule has 0 radical (unpaired) electrons. The van der Waals surface area contributed by atoms with Crippen LogP contribution >= 0.6 is 11.8 Å². The second-order valence-corrected chi connectivity index (χ2v) is 9.62. The number of nitrogens with one attached hydrogen (secondary N) is 2. The molecule has 0 spiro atoms. The van der Waals surface area contributed by atoms with Gasteiger partial charge >= 0.3 is 0 Å². The second-order valence-electron chi connectivity index (χ2n) is 6.79. The zero-order valence-corrected chi connectivity index (χ0v) is 16.9. The van der Waals surface area contributed by atoms with Crippen LogP contribution in [-0.2, 0) is 19.6 Å². The molecule has 2 aromatic carbocycles. The Morgan fingerprint density at radius 1 is 1.14 bits per heavy atom. The third-order valence-corrected chi connectivity index (χ3v) is 7.38. The first-order valence-electron chi connectivity index (χ1n) is 9.02. The largest absolute Gasteiger partial charge is 0.341 e. The standard InChI is InChI=1S/C19H18FN3O4S2/c20-12-3-5-13(6-4-12)22-29(26,27)14-7-8-16-15(11-14)21-18(24)17(28-16)19(25)23-9-1-2-10-23/h3-8,11,17,22H,1-2,9-10H2,(H,21,24)/t17-/m0/s1. The number of sulfonamides is 1. The van der Waals surface area contributed by atoms with E-state index in [0.717, 1.165) is 36.7 Å². The van der Waals surface area contributed by atoms with Crippen LogP contribution in [0, 0.1) is 5.82 Å². The number of benzene rings is 2. The van der Waals surface area contributed by atoms with Crippen LogP contribution in [0.4, 0.5) is 15.8 Å². The van der Waals surface area contributed by atoms with Crippen LogP contribution in [0.3, 0.4) is 0 Å². The Hall–Kier alpha value is -2.59. The Labute approximate surface area is 171 Å². The summed E-state index contributed by atoms with van der Waals surface area (Å²) in [5.74, 6) is -1.15. The Bertz CT molecular complexity index is 1070. The fraction of sp³-hybridized carbons (Fsp3) is 0.263. The molecule has 29 heavy (non-hydrogen) atoms. The molecule has 2 N–H and O–H groups in total. The number of carbonyl (C=O) groups excluding carboxylic acids is 2. The van der Waals surface area contributed by atoms with Gasteiger partial charge < -0.3 is 10.2 Å². The SMILES string of the molecule is O=C1Nc2cc(S(=O)(=O)Nc3ccc(F)cc3)ccc2S[C@@H]1C(=O)N1CCCC1. The number of likely N-dealkylation sites (tertiary alicyclic amines) is 1. The Morgan fingerprint density at radius 2 is 1.83 bits per heavy atom. The molecule has 2 aliphatic rings. The van der Waals surface area contributed by atoms with Crippen molar-refractivity contribution >= 4 is 45.0 Å². The molecule has 1 fully saturated rings. The Balaban J connectivity index is 1.55. The summed E-state index contributed by atoms with van der Waals surface area (Å²) < 4.78 is 40.6. The van der Waals surface area contributed by atoms with Gasteiger partial charge in [0, 0.05) is 23.7 Å². The van der Waals surface area contributed by atoms with E-state index >= 15 is 0 Å². The van der Waals surface area contributed by atoms with Gasteiger partial charge in [0.1, 0.15) is 5.82 Å². The molecular formula is C19H18FN3O4S2. The highest BCUT2D eigenvalue weighted by Crippen LogP contribution is 2.38. The van der Waals surface area contributed by atoms with E-state index in [2.05, 4.69) is 10.0 Å². The van der Waals surface area contributed by atoms with E-state index in [-0.39, 0.29) is 16.5 Å². The third-order valence-electron chi connectivity index (χ3n) is 4.74. The van der Waals surface area contributed by atoms with Crippen molar-refractivity contribution in [2.75, 3.05) is 23.1 Å². The average molecular weight is 436 g/mol. The van der Waals surface area contributed by atoms with Gasteiger partial charge in [0.25, 0.3) is 10.0 Å². The molecule has 0 aromatic heterocycles. The van der Waals surface area contributed by atoms with Gasteiger partial charge in [0.2, 0.25) is 11.8 Å². The molecule has 7 nitrogen and oxygen atoms in total. The van der Waals surface area contributed by atoms with Crippen molar-refractivity contribution in [3.63, 3.8) is 0 Å². The van der Waals surface area contributed by atoms with E-state index in [1.165, 1.54) is 24.3 Å². The lowest BCUT2D eigenvalue weighted by Crippen LogP contribution is -2.43. The van der Waals surface area contributed by atoms with Crippen LogP contribution in [0.2, 0.25) is 0 Å². The number of thioether (sulfide) groups is 1. The minimum atomic E-state index is -3.93. The summed E-state index contributed by atoms with van der Waals surface area (Å²) >= 11 is 1.12. The molecule has 0 bridgehead atoms. The first-order valence-corrected chi connectivity index (χ1v) is 11.4. The fourth-order valence-corrected chi connectivity index (χ4v) is 5.39. The first kappa shape index (κ1) is 19.7. The van der Waals surface area contributed by atoms with E-state index in [1.807, 2.05) is 0 Å². The van der Waals surface area contributed by atoms with E-state index in [1.54, 1.807) is 11.0 Å². The Morgan fingerprint density at radius 3 is 2.52 bits per heavy atom. The van der Waals surface area contributed by atoms with Crippen LogP contribution in [0.15, 0.2) is 52.3 Å². The monoisotopic (exact) mass is 435 g/mol. The zero-order chi connectivity index (χ0) is 20.6. The predicted octanol–water partition coefficient (Wildman–Crippen LogP) is 2.66. The smallest absolute Gasteiger partial charge is 0.261 e. The lowest BCUT2D eigenvalue weighted by Gasteiger charge is -2.27. The maximum absolute atomic E-state index is 13.0. The van der Waals surface area contributed by atoms with E-state index in [9.17, 15) is 22.4 Å². The van der Waals surface area contributed by atoms with Gasteiger partial charge in [-0.15, -0.1) is 11.8 Å². The zero-order valence-electron chi connectivity index (χ0n) is 15.2. The predicted molar refractivity (Wildman–Crippen MR) is 108 cm³/mol. The number of hydrogen-bond donors (Lipinski definition) is 2. The molecule has 0 unspecified atom stereocenters. The van der Waals surface area contributed by atoms with Crippen LogP contribution in [0.25, 0.3) is 0 Å². The highest BCUT2D eigenvalue weighted by atomic mass is 32.2. The summed E-state index contributed by atoms with van der Waals surface area (Å²) in [6.07, 6.45) is 1.87. The number of fused-ring (bicyclic) bond motifs is 1. The number of rotatable bonds is 4. The number of halogens is 1. The quantitative estimate of drug-likeness (QED) is 0.720. The van der Waals surface area contributed by atoms with Crippen molar-refractivity contribution in [1.82, 2.24) is 4.90 Å². The van der Waals surface area contributed by atoms with Gasteiger partial charge in [-0.25, -0.2) is 12.8 Å². The highest BCUT2D eigenvalue weighted by Gasteiger charge is 2.37. The van der Waals surface area contributed by atoms with Crippen molar-refractivity contribution in [3.05, 3.63) is 48.3 Å². The summed E-state index contributed by atoms with van der Waals surface area (Å²) in [6.45, 7) is 1.31. The summed E-state index contributed by atoms with van der Waals surface area (Å²) in [5, 5.41) is 1.77. The van der Waals surface area contributed by atoms with Crippen molar-refractivity contribution in [2.24, 2.45) is 0 Å². The number of anilines is 2. The van der Waals surface area contributed by atoms with Gasteiger partial charge in [0.05, 0.1) is 10.6 Å². The number of hydrogen-bond acceptors (Lipinski definition) is 5. The number of nitrogens with zero attached hydrogens (tertiary/aromatic N) is 1. The molecular weight excluding hydrogens is 417 g/mol. The van der Waals surface area contributed by atoms with Crippen molar-refractivity contribution in [3.8, 4) is 0 Å². The van der Waals surface area contributed by atoms with Crippen LogP contribution in [0.5, 0.6) is 0 Å². The van der Waals surface area contributed by atoms with E-state index in [0.29, 0.717) is 23.7 Å². The van der Waals surface area contributed by atoms with Gasteiger partial charge in [-0.2, -0.15) is 0 Å². The van der Waals surface area contributed by atoms with Gasteiger partial charge in [0.15, 0.2) is 5.25 Å². The Kier molecular flexibility index (Phi) is 5.22. The second kappa shape index (κ2) is 7.68. The molecule has 0 aliphatic carbocycles. The van der Waals surface area contributed by atoms with Crippen molar-refractivity contribution in [1.29, 1.82) is 0 Å². The maximum atomic E-state index is 13.0. The van der Waals surface area contributed by atoms with Crippen molar-refractivity contribution in [2.45, 2.75) is 27.9 Å². The topological polar surface area (TPSA) is 95.6 Å². The van der Waals surface area contributed by atoms with Gasteiger partial charge in [-0.3, -0.25) is 14.3 Å². The van der Waals surface area contributed by atoms with Crippen LogP contribution in [-0.4, -0.2) is 43.5 Å². The lowest BCUT2D eigenvalue weighted by atomic mass is 10.2. The molecule has 2 heterocycles. The first-order chi connectivity index (χ1) is 13.8. The lowest BCUT2D eigenvalue weighted by molar-refractivity contribution is -0.133. The van der Waals surface area contributed by atoms with Gasteiger partial charge in [-0.05, 0) is 55.3 Å². The normalized spacial score (nSPS) is 18.9.